The van der Waals surface area contributed by atoms with Gasteiger partial charge in [0, 0.05) is 37.2 Å². The minimum atomic E-state index is -0.537. The number of likely N-dealkylation sites (tertiary alicyclic amines) is 1. The highest BCUT2D eigenvalue weighted by Crippen LogP contribution is 2.28. The van der Waals surface area contributed by atoms with Crippen LogP contribution in [-0.4, -0.2) is 32.6 Å². The molecule has 3 aromatic rings. The lowest BCUT2D eigenvalue weighted by Crippen LogP contribution is -2.34. The normalized spacial score (nSPS) is 18.5. The van der Waals surface area contributed by atoms with E-state index >= 15 is 0 Å². The molecule has 4 rings (SSSR count). The molecule has 2 aromatic heterocycles. The summed E-state index contributed by atoms with van der Waals surface area (Å²) in [5.74, 6) is -0.263. The van der Waals surface area contributed by atoms with Gasteiger partial charge in [-0.3, -0.25) is 4.90 Å². The van der Waals surface area contributed by atoms with Crippen LogP contribution in [0.25, 0.3) is 5.65 Å². The monoisotopic (exact) mass is 357 g/mol. The van der Waals surface area contributed by atoms with Gasteiger partial charge in [-0.1, -0.05) is 0 Å². The Kier molecular flexibility index (Phi) is 4.32. The fraction of sp³-hybridized carbons (Fsp3) is 0.368. The van der Waals surface area contributed by atoms with Crippen LogP contribution in [0.3, 0.4) is 0 Å². The molecule has 5 nitrogen and oxygen atoms in total. The van der Waals surface area contributed by atoms with Crippen LogP contribution in [0.15, 0.2) is 30.3 Å². The van der Waals surface area contributed by atoms with Crippen LogP contribution in [0.2, 0.25) is 0 Å². The summed E-state index contributed by atoms with van der Waals surface area (Å²) in [6, 6.07) is 7.48. The van der Waals surface area contributed by atoms with Gasteiger partial charge in [0.15, 0.2) is 5.65 Å². The Morgan fingerprint density at radius 1 is 1.15 bits per heavy atom. The summed E-state index contributed by atoms with van der Waals surface area (Å²) < 4.78 is 28.5. The van der Waals surface area contributed by atoms with Gasteiger partial charge in [0.1, 0.15) is 17.5 Å². The van der Waals surface area contributed by atoms with Crippen LogP contribution in [-0.2, 0) is 6.54 Å². The predicted octanol–water partition coefficient (Wildman–Crippen LogP) is 3.28. The molecule has 1 fully saturated rings. The highest BCUT2D eigenvalue weighted by atomic mass is 19.1. The zero-order valence-electron chi connectivity index (χ0n) is 14.6. The second-order valence-corrected chi connectivity index (χ2v) is 7.01. The molecule has 0 radical (unpaired) electrons. The first-order chi connectivity index (χ1) is 12.5. The van der Waals surface area contributed by atoms with Crippen LogP contribution in [0, 0.1) is 18.6 Å². The van der Waals surface area contributed by atoms with Crippen molar-refractivity contribution in [1.29, 1.82) is 0 Å². The quantitative estimate of drug-likeness (QED) is 0.782. The summed E-state index contributed by atoms with van der Waals surface area (Å²) in [6.07, 6.45) is 2.03. The van der Waals surface area contributed by atoms with Gasteiger partial charge in [0.25, 0.3) is 0 Å². The zero-order valence-corrected chi connectivity index (χ0v) is 14.6. The Balaban J connectivity index is 1.55. The van der Waals surface area contributed by atoms with E-state index in [9.17, 15) is 8.78 Å². The number of hydrogen-bond acceptors (Lipinski definition) is 4. The number of aromatic nitrogens is 3. The smallest absolute Gasteiger partial charge is 0.157 e. The number of rotatable bonds is 3. The molecule has 0 aliphatic carbocycles. The van der Waals surface area contributed by atoms with Crippen molar-refractivity contribution in [2.75, 3.05) is 18.8 Å². The van der Waals surface area contributed by atoms with Gasteiger partial charge in [-0.05, 0) is 44.0 Å². The Hall–Kier alpha value is -2.54. The molecule has 0 bridgehead atoms. The van der Waals surface area contributed by atoms with E-state index in [0.717, 1.165) is 49.0 Å². The molecule has 136 valence electrons. The minimum absolute atomic E-state index is 0.240. The first-order valence-corrected chi connectivity index (χ1v) is 8.78. The summed E-state index contributed by atoms with van der Waals surface area (Å²) in [4.78, 5) is 6.94. The first kappa shape index (κ1) is 16.9. The van der Waals surface area contributed by atoms with Crippen LogP contribution >= 0.6 is 0 Å². The fourth-order valence-corrected chi connectivity index (χ4v) is 3.74. The third kappa shape index (κ3) is 3.39. The maximum atomic E-state index is 13.4. The van der Waals surface area contributed by atoms with E-state index in [1.165, 1.54) is 12.1 Å². The zero-order chi connectivity index (χ0) is 18.3. The highest BCUT2D eigenvalue weighted by Gasteiger charge is 2.24. The molecule has 1 atom stereocenters. The molecule has 0 amide bonds. The number of nitrogens with two attached hydrogens (primary N) is 1. The summed E-state index contributed by atoms with van der Waals surface area (Å²) >= 11 is 0. The Bertz CT molecular complexity index is 932. The van der Waals surface area contributed by atoms with Crippen molar-refractivity contribution in [1.82, 2.24) is 19.5 Å². The van der Waals surface area contributed by atoms with Crippen LogP contribution in [0.5, 0.6) is 0 Å². The van der Waals surface area contributed by atoms with Crippen molar-refractivity contribution in [3.05, 3.63) is 58.9 Å². The summed E-state index contributed by atoms with van der Waals surface area (Å²) in [5.41, 5.74) is 9.36. The van der Waals surface area contributed by atoms with E-state index < -0.39 is 11.6 Å². The average Bonchev–Trinajstić information content (AvgIpc) is 2.95. The topological polar surface area (TPSA) is 59.5 Å². The van der Waals surface area contributed by atoms with Gasteiger partial charge in [-0.25, -0.2) is 13.8 Å². The van der Waals surface area contributed by atoms with Crippen molar-refractivity contribution in [3.8, 4) is 0 Å². The van der Waals surface area contributed by atoms with E-state index in [2.05, 4.69) is 10.00 Å². The van der Waals surface area contributed by atoms with Gasteiger partial charge in [-0.2, -0.15) is 9.61 Å². The number of nitrogens with zero attached hydrogens (tertiary/aromatic N) is 4. The standard InChI is InChI=1S/C19H21F2N5/c1-12-5-19-23-17(9-18(22)26(19)24-12)14-3-2-4-25(11-14)10-13-6-15(20)8-16(21)7-13/h5-9,14H,2-4,10-11,22H2,1H3/t14-/m0/s1. The van der Waals surface area contributed by atoms with Gasteiger partial charge in [0.2, 0.25) is 0 Å². The summed E-state index contributed by atoms with van der Waals surface area (Å²) in [7, 11) is 0. The largest absolute Gasteiger partial charge is 0.384 e. The molecule has 1 aliphatic heterocycles. The van der Waals surface area contributed by atoms with Crippen molar-refractivity contribution < 1.29 is 8.78 Å². The number of nitrogen functional groups attached to an aromatic ring is 1. The van der Waals surface area contributed by atoms with Crippen LogP contribution in [0.4, 0.5) is 14.6 Å². The molecule has 26 heavy (non-hydrogen) atoms. The Labute approximate surface area is 150 Å². The Morgan fingerprint density at radius 2 is 1.92 bits per heavy atom. The molecule has 7 heteroatoms. The van der Waals surface area contributed by atoms with E-state index in [1.54, 1.807) is 4.52 Å². The summed E-state index contributed by atoms with van der Waals surface area (Å²) in [5, 5.41) is 4.33. The maximum absolute atomic E-state index is 13.4. The molecule has 3 heterocycles. The molecule has 1 saturated heterocycles. The number of piperidine rings is 1. The highest BCUT2D eigenvalue weighted by molar-refractivity contribution is 5.48. The van der Waals surface area contributed by atoms with Crippen LogP contribution in [0.1, 0.15) is 35.7 Å². The maximum Gasteiger partial charge on any atom is 0.157 e. The third-order valence-corrected chi connectivity index (χ3v) is 4.85. The lowest BCUT2D eigenvalue weighted by atomic mass is 9.94. The lowest BCUT2D eigenvalue weighted by molar-refractivity contribution is 0.198. The van der Waals surface area contributed by atoms with E-state index in [4.69, 9.17) is 10.7 Å². The van der Waals surface area contributed by atoms with Crippen molar-refractivity contribution in [3.63, 3.8) is 0 Å². The third-order valence-electron chi connectivity index (χ3n) is 4.85. The van der Waals surface area contributed by atoms with Crippen LogP contribution < -0.4 is 5.73 Å². The van der Waals surface area contributed by atoms with Crippen molar-refractivity contribution in [2.24, 2.45) is 0 Å². The minimum Gasteiger partial charge on any atom is -0.384 e. The number of benzene rings is 1. The summed E-state index contributed by atoms with van der Waals surface area (Å²) in [6.45, 7) is 4.12. The molecular formula is C19H21F2N5. The van der Waals surface area contributed by atoms with Gasteiger partial charge >= 0.3 is 0 Å². The first-order valence-electron chi connectivity index (χ1n) is 8.78. The molecular weight excluding hydrogens is 336 g/mol. The molecule has 0 unspecified atom stereocenters. The predicted molar refractivity (Wildman–Crippen MR) is 95.7 cm³/mol. The van der Waals surface area contributed by atoms with Gasteiger partial charge < -0.3 is 5.73 Å². The van der Waals surface area contributed by atoms with E-state index in [1.807, 2.05) is 19.1 Å². The SMILES string of the molecule is Cc1cc2nc([C@H]3CCCN(Cc4cc(F)cc(F)c4)C3)cc(N)n2n1. The second-order valence-electron chi connectivity index (χ2n) is 7.01. The number of hydrogen-bond donors (Lipinski definition) is 1. The fourth-order valence-electron chi connectivity index (χ4n) is 3.74. The molecule has 1 aliphatic rings. The Morgan fingerprint density at radius 3 is 2.69 bits per heavy atom. The molecule has 1 aromatic carbocycles. The van der Waals surface area contributed by atoms with E-state index in [0.29, 0.717) is 17.9 Å². The number of halogens is 2. The van der Waals surface area contributed by atoms with Crippen molar-refractivity contribution in [2.45, 2.75) is 32.2 Å². The van der Waals surface area contributed by atoms with Gasteiger partial charge in [0.05, 0.1) is 11.4 Å². The van der Waals surface area contributed by atoms with E-state index in [-0.39, 0.29) is 5.92 Å². The second kappa shape index (κ2) is 6.64. The molecule has 0 spiro atoms. The van der Waals surface area contributed by atoms with Gasteiger partial charge in [-0.15, -0.1) is 0 Å². The number of anilines is 1. The average molecular weight is 357 g/mol. The molecule has 0 saturated carbocycles. The number of fused-ring (bicyclic) bond motifs is 1. The van der Waals surface area contributed by atoms with Crippen molar-refractivity contribution >= 4 is 11.5 Å². The molecule has 2 N–H and O–H groups in total. The number of aryl methyl sites for hydroxylation is 1. The lowest BCUT2D eigenvalue weighted by Gasteiger charge is -2.32.